The summed E-state index contributed by atoms with van der Waals surface area (Å²) in [6, 6.07) is 18.9. The van der Waals surface area contributed by atoms with E-state index in [-0.39, 0.29) is 23.3 Å². The van der Waals surface area contributed by atoms with Crippen LogP contribution in [0.3, 0.4) is 0 Å². The third-order valence-electron chi connectivity index (χ3n) is 4.17. The second kappa shape index (κ2) is 9.84. The van der Waals surface area contributed by atoms with Gasteiger partial charge < -0.3 is 20.1 Å². The molecule has 0 radical (unpaired) electrons. The van der Waals surface area contributed by atoms with Crippen molar-refractivity contribution in [3.63, 3.8) is 0 Å². The number of carbonyl (C=O) groups is 2. The zero-order chi connectivity index (χ0) is 20.6. The Kier molecular flexibility index (Phi) is 6.97. The highest BCUT2D eigenvalue weighted by molar-refractivity contribution is 8.00. The SMILES string of the molecule is COc1ccc(NC(=O)CSCC(=O)Nc2ccc3ccccc3c2)cc1OC. The molecule has 7 heteroatoms. The number of benzene rings is 3. The number of nitrogens with one attached hydrogen (secondary N) is 2. The molecule has 0 atom stereocenters. The predicted octanol–water partition coefficient (Wildman–Crippen LogP) is 4.17. The number of ether oxygens (including phenoxy) is 2. The zero-order valence-electron chi connectivity index (χ0n) is 16.2. The Morgan fingerprint density at radius 1 is 0.759 bits per heavy atom. The monoisotopic (exact) mass is 410 g/mol. The van der Waals surface area contributed by atoms with Gasteiger partial charge >= 0.3 is 0 Å². The number of rotatable bonds is 8. The van der Waals surface area contributed by atoms with E-state index >= 15 is 0 Å². The van der Waals surface area contributed by atoms with Crippen LogP contribution in [0.5, 0.6) is 11.5 Å². The van der Waals surface area contributed by atoms with E-state index in [4.69, 9.17) is 9.47 Å². The summed E-state index contributed by atoms with van der Waals surface area (Å²) < 4.78 is 10.4. The standard InChI is InChI=1S/C22H22N2O4S/c1-27-19-10-9-18(12-20(19)28-2)24-22(26)14-29-13-21(25)23-17-8-7-15-5-3-4-6-16(15)11-17/h3-12H,13-14H2,1-2H3,(H,23,25)(H,24,26). The van der Waals surface area contributed by atoms with Crippen LogP contribution < -0.4 is 20.1 Å². The van der Waals surface area contributed by atoms with Gasteiger partial charge in [0.05, 0.1) is 25.7 Å². The fraction of sp³-hybridized carbons (Fsp3) is 0.182. The van der Waals surface area contributed by atoms with Crippen LogP contribution in [0, 0.1) is 0 Å². The Balaban J connectivity index is 1.46. The Morgan fingerprint density at radius 2 is 1.34 bits per heavy atom. The average Bonchev–Trinajstić information content (AvgIpc) is 2.73. The quantitative estimate of drug-likeness (QED) is 0.583. The van der Waals surface area contributed by atoms with Crippen molar-refractivity contribution >= 4 is 45.7 Å². The van der Waals surface area contributed by atoms with E-state index in [1.54, 1.807) is 25.3 Å². The smallest absolute Gasteiger partial charge is 0.234 e. The van der Waals surface area contributed by atoms with Gasteiger partial charge in [0, 0.05) is 17.4 Å². The fourth-order valence-electron chi connectivity index (χ4n) is 2.81. The summed E-state index contributed by atoms with van der Waals surface area (Å²) in [6.07, 6.45) is 0. The van der Waals surface area contributed by atoms with Gasteiger partial charge in [0.1, 0.15) is 0 Å². The molecule has 0 spiro atoms. The van der Waals surface area contributed by atoms with E-state index in [2.05, 4.69) is 10.6 Å². The van der Waals surface area contributed by atoms with Crippen molar-refractivity contribution in [2.75, 3.05) is 36.4 Å². The molecule has 0 aliphatic heterocycles. The van der Waals surface area contributed by atoms with Crippen molar-refractivity contribution < 1.29 is 19.1 Å². The van der Waals surface area contributed by atoms with E-state index in [0.29, 0.717) is 17.2 Å². The summed E-state index contributed by atoms with van der Waals surface area (Å²) in [4.78, 5) is 24.3. The number of thioether (sulfide) groups is 1. The molecule has 0 heterocycles. The van der Waals surface area contributed by atoms with Crippen molar-refractivity contribution in [1.29, 1.82) is 0 Å². The Hall–Kier alpha value is -3.19. The van der Waals surface area contributed by atoms with Crippen molar-refractivity contribution in [1.82, 2.24) is 0 Å². The highest BCUT2D eigenvalue weighted by Gasteiger charge is 2.09. The molecule has 0 unspecified atom stereocenters. The Labute approximate surface area is 173 Å². The van der Waals surface area contributed by atoms with Crippen LogP contribution in [0.1, 0.15) is 0 Å². The summed E-state index contributed by atoms with van der Waals surface area (Å²) in [5.41, 5.74) is 1.35. The van der Waals surface area contributed by atoms with Gasteiger partial charge in [0.2, 0.25) is 11.8 Å². The van der Waals surface area contributed by atoms with E-state index in [0.717, 1.165) is 16.5 Å². The molecule has 3 rings (SSSR count). The molecular weight excluding hydrogens is 388 g/mol. The highest BCUT2D eigenvalue weighted by Crippen LogP contribution is 2.29. The molecule has 29 heavy (non-hydrogen) atoms. The topological polar surface area (TPSA) is 76.7 Å². The summed E-state index contributed by atoms with van der Waals surface area (Å²) in [6.45, 7) is 0. The summed E-state index contributed by atoms with van der Waals surface area (Å²) in [7, 11) is 3.09. The summed E-state index contributed by atoms with van der Waals surface area (Å²) >= 11 is 1.25. The van der Waals surface area contributed by atoms with Crippen molar-refractivity contribution in [3.8, 4) is 11.5 Å². The second-order valence-corrected chi connectivity index (χ2v) is 7.21. The first-order valence-electron chi connectivity index (χ1n) is 8.97. The fourth-order valence-corrected chi connectivity index (χ4v) is 3.43. The molecule has 2 amide bonds. The molecule has 2 N–H and O–H groups in total. The molecule has 0 saturated carbocycles. The van der Waals surface area contributed by atoms with Crippen molar-refractivity contribution in [2.24, 2.45) is 0 Å². The first-order valence-corrected chi connectivity index (χ1v) is 10.1. The van der Waals surface area contributed by atoms with Crippen molar-refractivity contribution in [3.05, 3.63) is 60.7 Å². The highest BCUT2D eigenvalue weighted by atomic mass is 32.2. The van der Waals surface area contributed by atoms with Gasteiger partial charge in [-0.2, -0.15) is 0 Å². The van der Waals surface area contributed by atoms with Crippen molar-refractivity contribution in [2.45, 2.75) is 0 Å². The Morgan fingerprint density at radius 3 is 2.00 bits per heavy atom. The van der Waals surface area contributed by atoms with Crippen LogP contribution in [0.25, 0.3) is 10.8 Å². The minimum absolute atomic E-state index is 0.149. The molecule has 0 fully saturated rings. The molecule has 6 nitrogen and oxygen atoms in total. The number of hydrogen-bond acceptors (Lipinski definition) is 5. The van der Waals surface area contributed by atoms with Crippen LogP contribution in [0.2, 0.25) is 0 Å². The first kappa shape index (κ1) is 20.5. The molecular formula is C22H22N2O4S. The lowest BCUT2D eigenvalue weighted by molar-refractivity contribution is -0.114. The lowest BCUT2D eigenvalue weighted by Crippen LogP contribution is -2.18. The number of hydrogen-bond donors (Lipinski definition) is 2. The van der Waals surface area contributed by atoms with Crippen LogP contribution >= 0.6 is 11.8 Å². The van der Waals surface area contributed by atoms with E-state index < -0.39 is 0 Å². The van der Waals surface area contributed by atoms with Gasteiger partial charge in [-0.25, -0.2) is 0 Å². The molecule has 3 aromatic carbocycles. The number of fused-ring (bicyclic) bond motifs is 1. The van der Waals surface area contributed by atoms with Gasteiger partial charge in [-0.3, -0.25) is 9.59 Å². The molecule has 0 bridgehead atoms. The average molecular weight is 410 g/mol. The van der Waals surface area contributed by atoms with Crippen LogP contribution in [0.4, 0.5) is 11.4 Å². The van der Waals surface area contributed by atoms with Crippen LogP contribution in [-0.4, -0.2) is 37.5 Å². The van der Waals surface area contributed by atoms with Crippen LogP contribution in [0.15, 0.2) is 60.7 Å². The number of methoxy groups -OCH3 is 2. The normalized spacial score (nSPS) is 10.4. The van der Waals surface area contributed by atoms with Gasteiger partial charge in [-0.1, -0.05) is 30.3 Å². The van der Waals surface area contributed by atoms with Gasteiger partial charge in [0.25, 0.3) is 0 Å². The number of anilines is 2. The van der Waals surface area contributed by atoms with Gasteiger partial charge in [-0.15, -0.1) is 11.8 Å². The lowest BCUT2D eigenvalue weighted by atomic mass is 10.1. The second-order valence-electron chi connectivity index (χ2n) is 6.22. The predicted molar refractivity (Wildman–Crippen MR) is 118 cm³/mol. The molecule has 150 valence electrons. The van der Waals surface area contributed by atoms with Gasteiger partial charge in [0.15, 0.2) is 11.5 Å². The lowest BCUT2D eigenvalue weighted by Gasteiger charge is -2.10. The summed E-state index contributed by atoms with van der Waals surface area (Å²) in [5, 5.41) is 7.83. The summed E-state index contributed by atoms with van der Waals surface area (Å²) in [5.74, 6) is 1.13. The maximum atomic E-state index is 12.1. The van der Waals surface area contributed by atoms with E-state index in [1.165, 1.54) is 18.9 Å². The van der Waals surface area contributed by atoms with Gasteiger partial charge in [-0.05, 0) is 35.0 Å². The maximum absolute atomic E-state index is 12.1. The third kappa shape index (κ3) is 5.65. The molecule has 0 aliphatic carbocycles. The first-order chi connectivity index (χ1) is 14.1. The number of amides is 2. The minimum Gasteiger partial charge on any atom is -0.493 e. The van der Waals surface area contributed by atoms with Crippen LogP contribution in [-0.2, 0) is 9.59 Å². The minimum atomic E-state index is -0.194. The maximum Gasteiger partial charge on any atom is 0.234 e. The molecule has 0 aliphatic rings. The molecule has 0 aromatic heterocycles. The molecule has 3 aromatic rings. The van der Waals surface area contributed by atoms with E-state index in [9.17, 15) is 9.59 Å². The molecule has 0 saturated heterocycles. The Bertz CT molecular complexity index is 1020. The largest absolute Gasteiger partial charge is 0.493 e. The third-order valence-corrected chi connectivity index (χ3v) is 5.10. The number of carbonyl (C=O) groups excluding carboxylic acids is 2. The zero-order valence-corrected chi connectivity index (χ0v) is 17.0. The van der Waals surface area contributed by atoms with E-state index in [1.807, 2.05) is 42.5 Å².